The fraction of sp³-hybridized carbons (Fsp3) is 0.357. The molecule has 2 amide bonds. The predicted octanol–water partition coefficient (Wildman–Crippen LogP) is 1.45. The van der Waals surface area contributed by atoms with Crippen molar-refractivity contribution in [3.8, 4) is 0 Å². The zero-order valence-electron chi connectivity index (χ0n) is 12.9. The van der Waals surface area contributed by atoms with Crippen LogP contribution < -0.4 is 10.7 Å². The Labute approximate surface area is 131 Å². The van der Waals surface area contributed by atoms with Crippen molar-refractivity contribution in [2.75, 3.05) is 33.0 Å². The summed E-state index contributed by atoms with van der Waals surface area (Å²) in [5, 5.41) is 5.69. The zero-order chi connectivity index (χ0) is 17.7. The second kappa shape index (κ2) is 7.23. The van der Waals surface area contributed by atoms with Gasteiger partial charge in [0.2, 0.25) is 0 Å². The van der Waals surface area contributed by atoms with E-state index in [9.17, 15) is 22.8 Å². The number of alkyl halides is 3. The van der Waals surface area contributed by atoms with E-state index < -0.39 is 17.6 Å². The lowest BCUT2D eigenvalue weighted by molar-refractivity contribution is -0.862. The number of rotatable bonds is 5. The van der Waals surface area contributed by atoms with E-state index in [1.54, 1.807) is 0 Å². The van der Waals surface area contributed by atoms with E-state index in [2.05, 4.69) is 15.8 Å². The number of hydrogen-bond acceptors (Lipinski definition) is 3. The molecule has 6 nitrogen and oxygen atoms in total. The molecule has 0 aromatic heterocycles. The molecule has 0 atom stereocenters. The third kappa shape index (κ3) is 7.41. The van der Waals surface area contributed by atoms with E-state index in [0.717, 1.165) is 18.3 Å². The molecule has 0 heterocycles. The molecule has 0 spiro atoms. The topological polar surface area (TPSA) is 70.6 Å². The van der Waals surface area contributed by atoms with Gasteiger partial charge in [-0.15, -0.1) is 0 Å². The van der Waals surface area contributed by atoms with Gasteiger partial charge in [0.1, 0.15) is 6.21 Å². The lowest BCUT2D eigenvalue weighted by Crippen LogP contribution is -2.43. The number of amides is 2. The predicted molar refractivity (Wildman–Crippen MR) is 79.6 cm³/mol. The maximum atomic E-state index is 12.5. The highest BCUT2D eigenvalue weighted by Gasteiger charge is 2.30. The minimum absolute atomic E-state index is 0.0195. The van der Waals surface area contributed by atoms with Gasteiger partial charge in [-0.2, -0.15) is 18.3 Å². The first kappa shape index (κ1) is 18.6. The molecule has 2 N–H and O–H groups in total. The number of nitrogens with one attached hydrogen (secondary N) is 2. The summed E-state index contributed by atoms with van der Waals surface area (Å²) in [5.74, 6) is -1.14. The van der Waals surface area contributed by atoms with Crippen LogP contribution in [0, 0.1) is 0 Å². The molecule has 0 radical (unpaired) electrons. The smallest absolute Gasteiger partial charge is 0.323 e. The molecular formula is C14H18F3N4O2+. The van der Waals surface area contributed by atoms with Gasteiger partial charge in [-0.1, -0.05) is 6.07 Å². The number of quaternary nitrogens is 1. The summed E-state index contributed by atoms with van der Waals surface area (Å²) in [5.41, 5.74) is 1.27. The van der Waals surface area contributed by atoms with Crippen molar-refractivity contribution in [3.63, 3.8) is 0 Å². The molecule has 0 unspecified atom stereocenters. The first-order chi connectivity index (χ1) is 10.5. The molecule has 1 aromatic carbocycles. The molecule has 23 heavy (non-hydrogen) atoms. The number of halogens is 3. The van der Waals surface area contributed by atoms with Crippen LogP contribution in [0.1, 0.15) is 5.56 Å². The summed E-state index contributed by atoms with van der Waals surface area (Å²) in [6.07, 6.45) is -3.71. The number of benzene rings is 1. The van der Waals surface area contributed by atoms with Gasteiger partial charge >= 0.3 is 6.18 Å². The number of carbonyl (C=O) groups excluding carboxylic acids is 2. The SMILES string of the molecule is C[N+](C)(C)CC(=O)N/N=C/C(=O)Nc1cccc(C(F)(F)F)c1. The minimum atomic E-state index is -4.49. The Morgan fingerprint density at radius 2 is 1.91 bits per heavy atom. The number of hydrogen-bond donors (Lipinski definition) is 2. The van der Waals surface area contributed by atoms with Crippen molar-refractivity contribution in [1.29, 1.82) is 0 Å². The molecule has 0 saturated carbocycles. The van der Waals surface area contributed by atoms with Gasteiger partial charge in [-0.05, 0) is 18.2 Å². The Kier molecular flexibility index (Phi) is 5.85. The number of anilines is 1. The second-order valence-electron chi connectivity index (χ2n) is 5.81. The van der Waals surface area contributed by atoms with E-state index in [1.807, 2.05) is 21.1 Å². The largest absolute Gasteiger partial charge is 0.416 e. The van der Waals surface area contributed by atoms with Crippen LogP contribution in [-0.4, -0.2) is 50.2 Å². The average molecular weight is 331 g/mol. The summed E-state index contributed by atoms with van der Waals surface area (Å²) < 4.78 is 38.0. The van der Waals surface area contributed by atoms with Gasteiger partial charge in [0.05, 0.1) is 26.7 Å². The third-order valence-electron chi connectivity index (χ3n) is 2.45. The van der Waals surface area contributed by atoms with Crippen molar-refractivity contribution in [2.45, 2.75) is 6.18 Å². The Morgan fingerprint density at radius 3 is 2.48 bits per heavy atom. The second-order valence-corrected chi connectivity index (χ2v) is 5.81. The van der Waals surface area contributed by atoms with E-state index in [1.165, 1.54) is 12.1 Å². The van der Waals surface area contributed by atoms with E-state index in [0.29, 0.717) is 4.48 Å². The van der Waals surface area contributed by atoms with Gasteiger partial charge in [0.15, 0.2) is 6.54 Å². The highest BCUT2D eigenvalue weighted by molar-refractivity contribution is 6.31. The third-order valence-corrected chi connectivity index (χ3v) is 2.45. The first-order valence-electron chi connectivity index (χ1n) is 6.58. The quantitative estimate of drug-likeness (QED) is 0.487. The Bertz CT molecular complexity index is 607. The fourth-order valence-electron chi connectivity index (χ4n) is 1.58. The molecule has 0 aliphatic carbocycles. The van der Waals surface area contributed by atoms with Gasteiger partial charge in [0.25, 0.3) is 11.8 Å². The maximum Gasteiger partial charge on any atom is 0.416 e. The first-order valence-corrected chi connectivity index (χ1v) is 6.58. The van der Waals surface area contributed by atoms with Gasteiger partial charge in [-0.25, -0.2) is 5.43 Å². The summed E-state index contributed by atoms with van der Waals surface area (Å²) in [6.45, 7) is 0.159. The van der Waals surface area contributed by atoms with Crippen LogP contribution >= 0.6 is 0 Å². The summed E-state index contributed by atoms with van der Waals surface area (Å²) in [6, 6.07) is 4.20. The van der Waals surface area contributed by atoms with Gasteiger partial charge in [-0.3, -0.25) is 9.59 Å². The summed E-state index contributed by atoms with van der Waals surface area (Å²) in [7, 11) is 5.43. The molecule has 1 aromatic rings. The highest BCUT2D eigenvalue weighted by Crippen LogP contribution is 2.30. The Morgan fingerprint density at radius 1 is 1.26 bits per heavy atom. The molecule has 0 bridgehead atoms. The van der Waals surface area contributed by atoms with Crippen LogP contribution in [0.3, 0.4) is 0 Å². The molecule has 9 heteroatoms. The lowest BCUT2D eigenvalue weighted by Gasteiger charge is -2.21. The van der Waals surface area contributed by atoms with E-state index in [4.69, 9.17) is 0 Å². The number of nitrogens with zero attached hydrogens (tertiary/aromatic N) is 2. The molecular weight excluding hydrogens is 313 g/mol. The van der Waals surface area contributed by atoms with Crippen LogP contribution in [0.5, 0.6) is 0 Å². The standard InChI is InChI=1S/C14H17F3N4O2/c1-21(2,3)9-13(23)20-18-8-12(22)19-11-6-4-5-10(7-11)14(15,16)17/h4-8H,9H2,1-3H3,(H-,19,20,22,23)/p+1. The monoisotopic (exact) mass is 331 g/mol. The summed E-state index contributed by atoms with van der Waals surface area (Å²) >= 11 is 0. The molecule has 1 rings (SSSR count). The lowest BCUT2D eigenvalue weighted by atomic mass is 10.2. The van der Waals surface area contributed by atoms with Crippen LogP contribution in [0.2, 0.25) is 0 Å². The van der Waals surface area contributed by atoms with Crippen molar-refractivity contribution in [1.82, 2.24) is 5.43 Å². The zero-order valence-corrected chi connectivity index (χ0v) is 12.9. The van der Waals surface area contributed by atoms with Crippen LogP contribution in [0.25, 0.3) is 0 Å². The molecule has 126 valence electrons. The van der Waals surface area contributed by atoms with Crippen LogP contribution in [0.4, 0.5) is 18.9 Å². The number of hydrazone groups is 1. The van der Waals surface area contributed by atoms with E-state index >= 15 is 0 Å². The van der Waals surface area contributed by atoms with Crippen molar-refractivity contribution in [2.24, 2.45) is 5.10 Å². The number of carbonyl (C=O) groups is 2. The van der Waals surface area contributed by atoms with E-state index in [-0.39, 0.29) is 18.1 Å². The highest BCUT2D eigenvalue weighted by atomic mass is 19.4. The molecule has 0 aliphatic heterocycles. The fourth-order valence-corrected chi connectivity index (χ4v) is 1.58. The van der Waals surface area contributed by atoms with Crippen molar-refractivity contribution in [3.05, 3.63) is 29.8 Å². The van der Waals surface area contributed by atoms with Crippen LogP contribution in [0.15, 0.2) is 29.4 Å². The Balaban J connectivity index is 2.57. The molecule has 0 aliphatic rings. The summed E-state index contributed by atoms with van der Waals surface area (Å²) in [4.78, 5) is 23.0. The molecule has 0 fully saturated rings. The van der Waals surface area contributed by atoms with Crippen LogP contribution in [-0.2, 0) is 15.8 Å². The normalized spacial score (nSPS) is 12.3. The molecule has 0 saturated heterocycles. The minimum Gasteiger partial charge on any atom is -0.323 e. The van der Waals surface area contributed by atoms with Crippen molar-refractivity contribution >= 4 is 23.7 Å². The van der Waals surface area contributed by atoms with Gasteiger partial charge in [0, 0.05) is 5.69 Å². The Hall–Kier alpha value is -2.42. The maximum absolute atomic E-state index is 12.5. The number of likely N-dealkylation sites (N-methyl/N-ethyl adjacent to an activating group) is 1. The average Bonchev–Trinajstić information content (AvgIpc) is 2.35. The van der Waals surface area contributed by atoms with Gasteiger partial charge < -0.3 is 9.80 Å². The van der Waals surface area contributed by atoms with Crippen molar-refractivity contribution < 1.29 is 27.2 Å².